The van der Waals surface area contributed by atoms with Crippen LogP contribution in [0, 0.1) is 5.92 Å². The molecule has 0 amide bonds. The Hall–Kier alpha value is -2.44. The summed E-state index contributed by atoms with van der Waals surface area (Å²) in [5.74, 6) is 1.30. The van der Waals surface area contributed by atoms with Gasteiger partial charge < -0.3 is 9.73 Å². The predicted molar refractivity (Wildman–Crippen MR) is 77.8 cm³/mol. The first-order valence-corrected chi connectivity index (χ1v) is 7.04. The van der Waals surface area contributed by atoms with Crippen molar-refractivity contribution in [3.63, 3.8) is 0 Å². The van der Waals surface area contributed by atoms with E-state index in [-0.39, 0.29) is 0 Å². The molecule has 3 aromatic heterocycles. The van der Waals surface area contributed by atoms with Gasteiger partial charge in [-0.05, 0) is 12.3 Å². The number of imidazole rings is 1. The van der Waals surface area contributed by atoms with Crippen LogP contribution in [0.15, 0.2) is 29.2 Å². The lowest BCUT2D eigenvalue weighted by Crippen LogP contribution is -2.02. The van der Waals surface area contributed by atoms with E-state index in [2.05, 4.69) is 39.3 Å². The van der Waals surface area contributed by atoms with E-state index in [9.17, 15) is 0 Å². The minimum absolute atomic E-state index is 0.442. The van der Waals surface area contributed by atoms with Crippen LogP contribution in [0.4, 0.5) is 6.01 Å². The Bertz CT molecular complexity index is 717. The van der Waals surface area contributed by atoms with Crippen LogP contribution in [-0.2, 0) is 13.0 Å². The second-order valence-electron chi connectivity index (χ2n) is 5.34. The molecular weight excluding hydrogens is 268 g/mol. The number of aromatic nitrogens is 5. The number of nitrogens with zero attached hydrogens (tertiary/aromatic N) is 5. The number of aryl methyl sites for hydroxylation is 1. The van der Waals surface area contributed by atoms with Gasteiger partial charge in [0.2, 0.25) is 5.89 Å². The van der Waals surface area contributed by atoms with Crippen LogP contribution in [-0.4, -0.2) is 24.6 Å². The van der Waals surface area contributed by atoms with E-state index in [0.717, 1.165) is 24.2 Å². The zero-order valence-corrected chi connectivity index (χ0v) is 12.2. The van der Waals surface area contributed by atoms with Gasteiger partial charge in [0.05, 0.1) is 24.6 Å². The minimum Gasteiger partial charge on any atom is -0.408 e. The Labute approximate surface area is 122 Å². The molecule has 7 heteroatoms. The van der Waals surface area contributed by atoms with E-state index in [1.165, 1.54) is 0 Å². The average Bonchev–Trinajstić information content (AvgIpc) is 3.10. The third kappa shape index (κ3) is 3.18. The highest BCUT2D eigenvalue weighted by Crippen LogP contribution is 2.12. The molecule has 1 N–H and O–H groups in total. The molecular formula is C14H18N6O. The Morgan fingerprint density at radius 1 is 1.29 bits per heavy atom. The van der Waals surface area contributed by atoms with Gasteiger partial charge in [-0.25, -0.2) is 4.98 Å². The van der Waals surface area contributed by atoms with Gasteiger partial charge in [0.25, 0.3) is 0 Å². The van der Waals surface area contributed by atoms with Crippen LogP contribution in [0.25, 0.3) is 5.65 Å². The smallest absolute Gasteiger partial charge is 0.315 e. The SMILES string of the molecule is CC(C)CCc1nnc(NCc2cnc3cnccn23)o1. The highest BCUT2D eigenvalue weighted by molar-refractivity contribution is 5.37. The van der Waals surface area contributed by atoms with Crippen LogP contribution >= 0.6 is 0 Å². The molecule has 0 aliphatic rings. The topological polar surface area (TPSA) is 81.1 Å². The Kier molecular flexibility index (Phi) is 3.81. The van der Waals surface area contributed by atoms with E-state index >= 15 is 0 Å². The Morgan fingerprint density at radius 2 is 2.19 bits per heavy atom. The normalized spacial score (nSPS) is 11.4. The Morgan fingerprint density at radius 3 is 3.05 bits per heavy atom. The largest absolute Gasteiger partial charge is 0.408 e. The van der Waals surface area contributed by atoms with Gasteiger partial charge >= 0.3 is 6.01 Å². The van der Waals surface area contributed by atoms with Crippen molar-refractivity contribution in [2.75, 3.05) is 5.32 Å². The molecule has 0 bridgehead atoms. The summed E-state index contributed by atoms with van der Waals surface area (Å²) in [4.78, 5) is 8.32. The van der Waals surface area contributed by atoms with E-state index < -0.39 is 0 Å². The molecule has 0 aromatic carbocycles. The van der Waals surface area contributed by atoms with Gasteiger partial charge in [0.15, 0.2) is 5.65 Å². The number of rotatable bonds is 6. The summed E-state index contributed by atoms with van der Waals surface area (Å²) in [6, 6.07) is 0.442. The van der Waals surface area contributed by atoms with Crippen molar-refractivity contribution in [2.24, 2.45) is 5.92 Å². The van der Waals surface area contributed by atoms with Crippen LogP contribution in [0.1, 0.15) is 31.9 Å². The molecule has 7 nitrogen and oxygen atoms in total. The van der Waals surface area contributed by atoms with Crippen molar-refractivity contribution in [2.45, 2.75) is 33.2 Å². The number of fused-ring (bicyclic) bond motifs is 1. The Balaban J connectivity index is 1.62. The molecule has 3 heterocycles. The first-order valence-electron chi connectivity index (χ1n) is 7.04. The zero-order chi connectivity index (χ0) is 14.7. The third-order valence-electron chi connectivity index (χ3n) is 3.22. The molecule has 0 fully saturated rings. The molecule has 0 saturated carbocycles. The van der Waals surface area contributed by atoms with Gasteiger partial charge in [0, 0.05) is 18.8 Å². The number of anilines is 1. The third-order valence-corrected chi connectivity index (χ3v) is 3.22. The van der Waals surface area contributed by atoms with Crippen LogP contribution in [0.2, 0.25) is 0 Å². The molecule has 0 spiro atoms. The van der Waals surface area contributed by atoms with Crippen LogP contribution in [0.3, 0.4) is 0 Å². The number of nitrogens with one attached hydrogen (secondary N) is 1. The van der Waals surface area contributed by atoms with Crippen LogP contribution < -0.4 is 5.32 Å². The lowest BCUT2D eigenvalue weighted by atomic mass is 10.1. The summed E-state index contributed by atoms with van der Waals surface area (Å²) in [5, 5.41) is 11.2. The fourth-order valence-electron chi connectivity index (χ4n) is 2.03. The molecule has 0 unspecified atom stereocenters. The molecule has 0 aliphatic heterocycles. The second kappa shape index (κ2) is 5.90. The van der Waals surface area contributed by atoms with Gasteiger partial charge in [0.1, 0.15) is 0 Å². The fraction of sp³-hybridized carbons (Fsp3) is 0.429. The maximum atomic E-state index is 5.57. The van der Waals surface area contributed by atoms with Crippen molar-refractivity contribution < 1.29 is 4.42 Å². The van der Waals surface area contributed by atoms with E-state index in [1.54, 1.807) is 18.6 Å². The van der Waals surface area contributed by atoms with Crippen molar-refractivity contribution >= 4 is 11.7 Å². The molecule has 0 aliphatic carbocycles. The minimum atomic E-state index is 0.442. The van der Waals surface area contributed by atoms with E-state index in [0.29, 0.717) is 24.4 Å². The molecule has 0 saturated heterocycles. The summed E-state index contributed by atoms with van der Waals surface area (Å²) >= 11 is 0. The maximum Gasteiger partial charge on any atom is 0.315 e. The standard InChI is InChI=1S/C14H18N6O/c1-10(2)3-4-13-18-19-14(21-13)17-8-11-7-16-12-9-15-5-6-20(11)12/h5-7,9-10H,3-4,8H2,1-2H3,(H,17,19). The lowest BCUT2D eigenvalue weighted by Gasteiger charge is -2.01. The van der Waals surface area contributed by atoms with Gasteiger partial charge in [-0.3, -0.25) is 9.38 Å². The monoisotopic (exact) mass is 286 g/mol. The molecule has 0 atom stereocenters. The lowest BCUT2D eigenvalue weighted by molar-refractivity contribution is 0.469. The first kappa shape index (κ1) is 13.5. The number of hydrogen-bond donors (Lipinski definition) is 1. The summed E-state index contributed by atoms with van der Waals surface area (Å²) in [7, 11) is 0. The molecule has 110 valence electrons. The zero-order valence-electron chi connectivity index (χ0n) is 12.2. The fourth-order valence-corrected chi connectivity index (χ4v) is 2.03. The van der Waals surface area contributed by atoms with Gasteiger partial charge in [-0.15, -0.1) is 5.10 Å². The predicted octanol–water partition coefficient (Wildman–Crippen LogP) is 2.31. The molecule has 3 rings (SSSR count). The number of hydrogen-bond acceptors (Lipinski definition) is 6. The van der Waals surface area contributed by atoms with Gasteiger partial charge in [-0.1, -0.05) is 18.9 Å². The van der Waals surface area contributed by atoms with Crippen LogP contribution in [0.5, 0.6) is 0 Å². The highest BCUT2D eigenvalue weighted by Gasteiger charge is 2.08. The highest BCUT2D eigenvalue weighted by atomic mass is 16.4. The molecule has 21 heavy (non-hydrogen) atoms. The van der Waals surface area contributed by atoms with Gasteiger partial charge in [-0.2, -0.15) is 0 Å². The summed E-state index contributed by atoms with van der Waals surface area (Å²) in [5.41, 5.74) is 1.83. The maximum absolute atomic E-state index is 5.57. The van der Waals surface area contributed by atoms with Crippen molar-refractivity contribution in [3.05, 3.63) is 36.4 Å². The average molecular weight is 286 g/mol. The van der Waals surface area contributed by atoms with E-state index in [1.807, 2.05) is 10.6 Å². The van der Waals surface area contributed by atoms with Crippen molar-refractivity contribution in [1.82, 2.24) is 24.6 Å². The van der Waals surface area contributed by atoms with E-state index in [4.69, 9.17) is 4.42 Å². The summed E-state index contributed by atoms with van der Waals surface area (Å²) < 4.78 is 7.54. The molecule has 0 radical (unpaired) electrons. The second-order valence-corrected chi connectivity index (χ2v) is 5.34. The summed E-state index contributed by atoms with van der Waals surface area (Å²) in [6.07, 6.45) is 8.99. The molecule has 3 aromatic rings. The first-order chi connectivity index (χ1) is 10.2. The van der Waals surface area contributed by atoms with Crippen molar-refractivity contribution in [3.8, 4) is 0 Å². The quantitative estimate of drug-likeness (QED) is 0.749. The summed E-state index contributed by atoms with van der Waals surface area (Å²) in [6.45, 7) is 4.92. The van der Waals surface area contributed by atoms with Crippen molar-refractivity contribution in [1.29, 1.82) is 0 Å².